The Labute approximate surface area is 167 Å². The molecule has 1 heterocycles. The van der Waals surface area contributed by atoms with Crippen LogP contribution in [-0.4, -0.2) is 43.4 Å². The summed E-state index contributed by atoms with van der Waals surface area (Å²) in [5.74, 6) is 1.08. The third-order valence-electron chi connectivity index (χ3n) is 4.75. The highest BCUT2D eigenvalue weighted by atomic mass is 32.2. The molecule has 1 aliphatic heterocycles. The SMILES string of the molecule is CC.CCSNc1cccc(N2CCN(CCCC(C)(C)C)CC2)c1C. The average Bonchev–Trinajstić information content (AvgIpc) is 2.62. The largest absolute Gasteiger partial charge is 0.369 e. The van der Waals surface area contributed by atoms with Crippen LogP contribution in [0.1, 0.15) is 59.9 Å². The van der Waals surface area contributed by atoms with E-state index in [-0.39, 0.29) is 0 Å². The van der Waals surface area contributed by atoms with E-state index in [0.29, 0.717) is 5.41 Å². The fourth-order valence-corrected chi connectivity index (χ4v) is 3.79. The molecule has 1 N–H and O–H groups in total. The van der Waals surface area contributed by atoms with Crippen LogP contribution in [0, 0.1) is 12.3 Å². The van der Waals surface area contributed by atoms with Crippen molar-refractivity contribution in [2.45, 2.75) is 61.3 Å². The molecule has 0 saturated carbocycles. The third-order valence-corrected chi connectivity index (χ3v) is 5.40. The van der Waals surface area contributed by atoms with Crippen LogP contribution in [0.15, 0.2) is 18.2 Å². The molecule has 26 heavy (non-hydrogen) atoms. The second-order valence-corrected chi connectivity index (χ2v) is 9.05. The molecule has 0 spiro atoms. The smallest absolute Gasteiger partial charge is 0.0490 e. The second kappa shape index (κ2) is 11.8. The lowest BCUT2D eigenvalue weighted by molar-refractivity contribution is 0.236. The van der Waals surface area contributed by atoms with Gasteiger partial charge in [0.05, 0.1) is 0 Å². The predicted molar refractivity (Wildman–Crippen MR) is 122 cm³/mol. The van der Waals surface area contributed by atoms with Crippen LogP contribution in [0.4, 0.5) is 11.4 Å². The number of piperazine rings is 1. The van der Waals surface area contributed by atoms with Crippen molar-refractivity contribution in [1.29, 1.82) is 0 Å². The molecule has 0 atom stereocenters. The molecule has 0 amide bonds. The van der Waals surface area contributed by atoms with Gasteiger partial charge in [0.15, 0.2) is 0 Å². The van der Waals surface area contributed by atoms with E-state index in [2.05, 4.69) is 67.3 Å². The molecule has 150 valence electrons. The maximum Gasteiger partial charge on any atom is 0.0490 e. The molecule has 1 aromatic carbocycles. The summed E-state index contributed by atoms with van der Waals surface area (Å²) in [7, 11) is 0. The molecule has 0 aliphatic carbocycles. The van der Waals surface area contributed by atoms with Crippen molar-refractivity contribution >= 4 is 23.3 Å². The van der Waals surface area contributed by atoms with Crippen LogP contribution in [-0.2, 0) is 0 Å². The highest BCUT2D eigenvalue weighted by molar-refractivity contribution is 8.00. The molecule has 4 heteroatoms. The molecule has 3 nitrogen and oxygen atoms in total. The molecule has 2 rings (SSSR count). The van der Waals surface area contributed by atoms with Crippen molar-refractivity contribution in [1.82, 2.24) is 4.90 Å². The average molecular weight is 380 g/mol. The van der Waals surface area contributed by atoms with Gasteiger partial charge in [-0.3, -0.25) is 4.90 Å². The monoisotopic (exact) mass is 379 g/mol. The Hall–Kier alpha value is -0.870. The molecule has 1 saturated heterocycles. The molecular formula is C22H41N3S. The van der Waals surface area contributed by atoms with Crippen LogP contribution in [0.3, 0.4) is 0 Å². The summed E-state index contributed by atoms with van der Waals surface area (Å²) in [6.45, 7) is 21.3. The Bertz CT molecular complexity index is 503. The predicted octanol–water partition coefficient (Wildman–Crippen LogP) is 6.05. The van der Waals surface area contributed by atoms with Gasteiger partial charge in [-0.25, -0.2) is 0 Å². The van der Waals surface area contributed by atoms with Gasteiger partial charge in [-0.05, 0) is 49.4 Å². The summed E-state index contributed by atoms with van der Waals surface area (Å²) in [6, 6.07) is 6.63. The Morgan fingerprint density at radius 2 is 1.73 bits per heavy atom. The van der Waals surface area contributed by atoms with Crippen molar-refractivity contribution in [3.63, 3.8) is 0 Å². The Balaban J connectivity index is 0.00000163. The van der Waals surface area contributed by atoms with E-state index in [1.807, 2.05) is 13.8 Å². The van der Waals surface area contributed by atoms with Crippen LogP contribution in [0.2, 0.25) is 0 Å². The standard InChI is InChI=1S/C20H35N3S.C2H6/c1-6-24-21-18-9-7-10-19(17(18)2)23-15-13-22(14-16-23)12-8-11-20(3,4)5;1-2/h7,9-10,21H,6,8,11-16H2,1-5H3;1-2H3. The van der Waals surface area contributed by atoms with Gasteiger partial charge in [0.1, 0.15) is 0 Å². The van der Waals surface area contributed by atoms with Crippen molar-refractivity contribution in [3.05, 3.63) is 23.8 Å². The van der Waals surface area contributed by atoms with Gasteiger partial charge in [-0.2, -0.15) is 0 Å². The Morgan fingerprint density at radius 3 is 2.31 bits per heavy atom. The van der Waals surface area contributed by atoms with Gasteiger partial charge in [0, 0.05) is 43.3 Å². The normalized spacial score (nSPS) is 15.4. The highest BCUT2D eigenvalue weighted by Gasteiger charge is 2.19. The van der Waals surface area contributed by atoms with Gasteiger partial charge in [-0.1, -0.05) is 59.6 Å². The van der Waals surface area contributed by atoms with E-state index in [9.17, 15) is 0 Å². The first-order chi connectivity index (χ1) is 12.4. The highest BCUT2D eigenvalue weighted by Crippen LogP contribution is 2.29. The summed E-state index contributed by atoms with van der Waals surface area (Å²) >= 11 is 1.77. The lowest BCUT2D eigenvalue weighted by Gasteiger charge is -2.37. The van der Waals surface area contributed by atoms with Crippen LogP contribution in [0.5, 0.6) is 0 Å². The maximum atomic E-state index is 3.47. The van der Waals surface area contributed by atoms with Gasteiger partial charge < -0.3 is 9.62 Å². The number of benzene rings is 1. The number of hydrogen-bond acceptors (Lipinski definition) is 4. The molecule has 0 unspecified atom stereocenters. The van der Waals surface area contributed by atoms with Crippen LogP contribution >= 0.6 is 11.9 Å². The summed E-state index contributed by atoms with van der Waals surface area (Å²) in [5, 5.41) is 0. The first-order valence-electron chi connectivity index (χ1n) is 10.4. The fraction of sp³-hybridized carbons (Fsp3) is 0.727. The summed E-state index contributed by atoms with van der Waals surface area (Å²) in [6.07, 6.45) is 2.63. The lowest BCUT2D eigenvalue weighted by atomic mass is 9.90. The minimum Gasteiger partial charge on any atom is -0.369 e. The molecular weight excluding hydrogens is 338 g/mol. The topological polar surface area (TPSA) is 18.5 Å². The number of rotatable bonds is 7. The lowest BCUT2D eigenvalue weighted by Crippen LogP contribution is -2.47. The van der Waals surface area contributed by atoms with Gasteiger partial charge in [0.2, 0.25) is 0 Å². The zero-order valence-corrected chi connectivity index (χ0v) is 19.0. The van der Waals surface area contributed by atoms with Gasteiger partial charge >= 0.3 is 0 Å². The van der Waals surface area contributed by atoms with E-state index < -0.39 is 0 Å². The molecule has 1 fully saturated rings. The van der Waals surface area contributed by atoms with E-state index in [1.165, 1.54) is 49.4 Å². The van der Waals surface area contributed by atoms with Crippen LogP contribution < -0.4 is 9.62 Å². The minimum atomic E-state index is 0.461. The van der Waals surface area contributed by atoms with Crippen molar-refractivity contribution < 1.29 is 0 Å². The molecule has 0 bridgehead atoms. The second-order valence-electron chi connectivity index (χ2n) is 7.98. The van der Waals surface area contributed by atoms with Gasteiger partial charge in [-0.15, -0.1) is 0 Å². The maximum absolute atomic E-state index is 3.47. The number of nitrogens with zero attached hydrogens (tertiary/aromatic N) is 2. The molecule has 0 aromatic heterocycles. The summed E-state index contributed by atoms with van der Waals surface area (Å²) < 4.78 is 3.47. The number of anilines is 2. The zero-order chi connectivity index (χ0) is 19.6. The van der Waals surface area contributed by atoms with Crippen molar-refractivity contribution in [2.24, 2.45) is 5.41 Å². The summed E-state index contributed by atoms with van der Waals surface area (Å²) in [5.41, 5.74) is 4.49. The van der Waals surface area contributed by atoms with E-state index in [4.69, 9.17) is 0 Å². The number of nitrogens with one attached hydrogen (secondary N) is 1. The first-order valence-corrected chi connectivity index (χ1v) is 11.3. The van der Waals surface area contributed by atoms with Crippen molar-refractivity contribution in [3.8, 4) is 0 Å². The molecule has 0 radical (unpaired) electrons. The van der Waals surface area contributed by atoms with Crippen LogP contribution in [0.25, 0.3) is 0 Å². The van der Waals surface area contributed by atoms with E-state index in [0.717, 1.165) is 18.8 Å². The van der Waals surface area contributed by atoms with Gasteiger partial charge in [0.25, 0.3) is 0 Å². The van der Waals surface area contributed by atoms with E-state index >= 15 is 0 Å². The number of hydrogen-bond donors (Lipinski definition) is 1. The third kappa shape index (κ3) is 7.79. The first kappa shape index (κ1) is 23.2. The minimum absolute atomic E-state index is 0.461. The Kier molecular flexibility index (Phi) is 10.5. The summed E-state index contributed by atoms with van der Waals surface area (Å²) in [4.78, 5) is 5.18. The molecule has 1 aromatic rings. The zero-order valence-electron chi connectivity index (χ0n) is 18.2. The Morgan fingerprint density at radius 1 is 1.08 bits per heavy atom. The fourth-order valence-electron chi connectivity index (χ4n) is 3.27. The quantitative estimate of drug-likeness (QED) is 0.581. The molecule has 1 aliphatic rings. The van der Waals surface area contributed by atoms with Crippen molar-refractivity contribution in [2.75, 3.05) is 48.1 Å². The van der Waals surface area contributed by atoms with E-state index in [1.54, 1.807) is 11.9 Å².